The molecule has 122 valence electrons. The average Bonchev–Trinajstić information content (AvgIpc) is 2.63. The molecule has 0 amide bonds. The molecule has 7 nitrogen and oxygen atoms in total. The third-order valence-corrected chi connectivity index (χ3v) is 4.52. The normalized spacial score (nSPS) is 19.3. The molecule has 0 bridgehead atoms. The van der Waals surface area contributed by atoms with Gasteiger partial charge in [-0.2, -0.15) is 0 Å². The second kappa shape index (κ2) is 6.17. The van der Waals surface area contributed by atoms with Gasteiger partial charge in [0.15, 0.2) is 11.6 Å². The number of anilines is 3. The van der Waals surface area contributed by atoms with Gasteiger partial charge in [0.2, 0.25) is 0 Å². The Balaban J connectivity index is 1.83. The number of nitrogens with two attached hydrogens (primary N) is 1. The number of nitrogens with zero attached hydrogens (tertiary/aromatic N) is 4. The van der Waals surface area contributed by atoms with Crippen LogP contribution in [0, 0.1) is 0 Å². The van der Waals surface area contributed by atoms with Gasteiger partial charge in [-0.1, -0.05) is 6.07 Å². The highest BCUT2D eigenvalue weighted by molar-refractivity contribution is 5.89. The Morgan fingerprint density at radius 3 is 2.00 bits per heavy atom. The van der Waals surface area contributed by atoms with Crippen LogP contribution in [0.3, 0.4) is 0 Å². The number of aromatic nitrogens is 2. The summed E-state index contributed by atoms with van der Waals surface area (Å²) < 4.78 is 0. The zero-order chi connectivity index (χ0) is 15.6. The first-order chi connectivity index (χ1) is 11.3. The molecule has 23 heavy (non-hydrogen) atoms. The zero-order valence-corrected chi connectivity index (χ0v) is 13.3. The molecule has 4 N–H and O–H groups in total. The van der Waals surface area contributed by atoms with Gasteiger partial charge >= 0.3 is 0 Å². The van der Waals surface area contributed by atoms with Crippen LogP contribution in [0.15, 0.2) is 18.2 Å². The molecule has 2 aliphatic heterocycles. The van der Waals surface area contributed by atoms with Crippen LogP contribution in [0.4, 0.5) is 17.3 Å². The Morgan fingerprint density at radius 1 is 0.826 bits per heavy atom. The fourth-order valence-corrected chi connectivity index (χ4v) is 3.26. The number of nitrogens with one attached hydrogen (secondary N) is 2. The lowest BCUT2D eigenvalue weighted by molar-refractivity contribution is 0.571. The van der Waals surface area contributed by atoms with E-state index in [0.29, 0.717) is 5.69 Å². The average molecular weight is 313 g/mol. The van der Waals surface area contributed by atoms with E-state index in [2.05, 4.69) is 20.4 Å². The Kier molecular flexibility index (Phi) is 3.88. The van der Waals surface area contributed by atoms with Crippen molar-refractivity contribution in [1.82, 2.24) is 20.6 Å². The second-order valence-corrected chi connectivity index (χ2v) is 6.06. The van der Waals surface area contributed by atoms with Gasteiger partial charge in [0.05, 0.1) is 11.2 Å². The fraction of sp³-hybridized carbons (Fsp3) is 0.500. The van der Waals surface area contributed by atoms with Crippen molar-refractivity contribution in [2.24, 2.45) is 0 Å². The maximum absolute atomic E-state index is 6.13. The summed E-state index contributed by atoms with van der Waals surface area (Å²) in [5.74, 6) is 1.96. The minimum Gasteiger partial charge on any atom is -0.397 e. The van der Waals surface area contributed by atoms with Gasteiger partial charge in [-0.05, 0) is 12.1 Å². The van der Waals surface area contributed by atoms with Gasteiger partial charge in [-0.3, -0.25) is 0 Å². The van der Waals surface area contributed by atoms with Crippen LogP contribution in [0.2, 0.25) is 0 Å². The van der Waals surface area contributed by atoms with E-state index in [9.17, 15) is 0 Å². The first-order valence-corrected chi connectivity index (χ1v) is 8.30. The Morgan fingerprint density at radius 2 is 1.39 bits per heavy atom. The van der Waals surface area contributed by atoms with Crippen LogP contribution < -0.4 is 26.2 Å². The van der Waals surface area contributed by atoms with Crippen LogP contribution in [0.1, 0.15) is 0 Å². The SMILES string of the molecule is Nc1cccc2nc(N3CCNCC3)c(N3CCNCC3)nc12. The molecule has 0 aliphatic carbocycles. The lowest BCUT2D eigenvalue weighted by atomic mass is 10.2. The fourth-order valence-electron chi connectivity index (χ4n) is 3.26. The number of hydrogen-bond donors (Lipinski definition) is 3. The molecule has 2 aliphatic rings. The molecule has 0 atom stereocenters. The Labute approximate surface area is 135 Å². The van der Waals surface area contributed by atoms with Crippen LogP contribution in [0.25, 0.3) is 11.0 Å². The van der Waals surface area contributed by atoms with Gasteiger partial charge in [0.1, 0.15) is 5.52 Å². The molecule has 1 aromatic heterocycles. The van der Waals surface area contributed by atoms with Crippen LogP contribution in [0.5, 0.6) is 0 Å². The highest BCUT2D eigenvalue weighted by atomic mass is 15.3. The van der Waals surface area contributed by atoms with Crippen molar-refractivity contribution in [2.75, 3.05) is 67.9 Å². The highest BCUT2D eigenvalue weighted by Gasteiger charge is 2.23. The lowest BCUT2D eigenvalue weighted by Gasteiger charge is -2.34. The predicted molar refractivity (Wildman–Crippen MR) is 94.1 cm³/mol. The summed E-state index contributed by atoms with van der Waals surface area (Å²) in [7, 11) is 0. The number of piperazine rings is 2. The van der Waals surface area contributed by atoms with Crippen molar-refractivity contribution in [2.45, 2.75) is 0 Å². The number of nitrogen functional groups attached to an aromatic ring is 1. The van der Waals surface area contributed by atoms with Gasteiger partial charge < -0.3 is 26.2 Å². The van der Waals surface area contributed by atoms with Crippen molar-refractivity contribution in [1.29, 1.82) is 0 Å². The monoisotopic (exact) mass is 313 g/mol. The molecular formula is C16H23N7. The van der Waals surface area contributed by atoms with E-state index in [1.165, 1.54) is 0 Å². The van der Waals surface area contributed by atoms with Gasteiger partial charge in [0, 0.05) is 52.4 Å². The van der Waals surface area contributed by atoms with Crippen LogP contribution in [-0.4, -0.2) is 62.3 Å². The number of para-hydroxylation sites is 1. The van der Waals surface area contributed by atoms with Crippen molar-refractivity contribution >= 4 is 28.4 Å². The topological polar surface area (TPSA) is 82.3 Å². The third-order valence-electron chi connectivity index (χ3n) is 4.52. The molecule has 0 unspecified atom stereocenters. The molecule has 1 aromatic carbocycles. The molecule has 0 saturated carbocycles. The van der Waals surface area contributed by atoms with Crippen LogP contribution >= 0.6 is 0 Å². The first-order valence-electron chi connectivity index (χ1n) is 8.30. The molecular weight excluding hydrogens is 290 g/mol. The van der Waals surface area contributed by atoms with Crippen molar-refractivity contribution in [3.8, 4) is 0 Å². The van der Waals surface area contributed by atoms with E-state index in [-0.39, 0.29) is 0 Å². The largest absolute Gasteiger partial charge is 0.397 e. The van der Waals surface area contributed by atoms with Gasteiger partial charge in [-0.15, -0.1) is 0 Å². The van der Waals surface area contributed by atoms with Crippen molar-refractivity contribution < 1.29 is 0 Å². The number of benzene rings is 1. The van der Waals surface area contributed by atoms with Gasteiger partial charge in [0.25, 0.3) is 0 Å². The molecule has 0 radical (unpaired) electrons. The summed E-state index contributed by atoms with van der Waals surface area (Å²) in [5.41, 5.74) is 8.50. The van der Waals surface area contributed by atoms with Crippen molar-refractivity contribution in [3.63, 3.8) is 0 Å². The number of hydrogen-bond acceptors (Lipinski definition) is 7. The smallest absolute Gasteiger partial charge is 0.172 e. The van der Waals surface area contributed by atoms with Gasteiger partial charge in [-0.25, -0.2) is 9.97 Å². The summed E-state index contributed by atoms with van der Waals surface area (Å²) in [6, 6.07) is 5.83. The van der Waals surface area contributed by atoms with E-state index < -0.39 is 0 Å². The van der Waals surface area contributed by atoms with Crippen molar-refractivity contribution in [3.05, 3.63) is 18.2 Å². The molecule has 2 fully saturated rings. The molecule has 4 rings (SSSR count). The third kappa shape index (κ3) is 2.77. The van der Waals surface area contributed by atoms with E-state index in [0.717, 1.165) is 75.0 Å². The maximum Gasteiger partial charge on any atom is 0.172 e. The van der Waals surface area contributed by atoms with E-state index in [1.54, 1.807) is 0 Å². The van der Waals surface area contributed by atoms with E-state index >= 15 is 0 Å². The Bertz CT molecular complexity index is 690. The predicted octanol–water partition coefficient (Wildman–Crippen LogP) is 0.0312. The molecule has 3 heterocycles. The highest BCUT2D eigenvalue weighted by Crippen LogP contribution is 2.30. The zero-order valence-electron chi connectivity index (χ0n) is 13.3. The lowest BCUT2D eigenvalue weighted by Crippen LogP contribution is -2.47. The molecule has 2 aromatic rings. The summed E-state index contributed by atoms with van der Waals surface area (Å²) in [6.07, 6.45) is 0. The minimum absolute atomic E-state index is 0.693. The second-order valence-electron chi connectivity index (χ2n) is 6.06. The first kappa shape index (κ1) is 14.5. The number of fused-ring (bicyclic) bond motifs is 1. The number of rotatable bonds is 2. The summed E-state index contributed by atoms with van der Waals surface area (Å²) >= 11 is 0. The standard InChI is InChI=1S/C16H23N7/c17-12-2-1-3-13-14(12)21-16(23-10-6-19-7-11-23)15(20-13)22-8-4-18-5-9-22/h1-3,18-19H,4-11,17H2. The summed E-state index contributed by atoms with van der Waals surface area (Å²) in [5, 5.41) is 6.79. The summed E-state index contributed by atoms with van der Waals surface area (Å²) in [4.78, 5) is 14.5. The summed E-state index contributed by atoms with van der Waals surface area (Å²) in [6.45, 7) is 7.74. The van der Waals surface area contributed by atoms with Crippen LogP contribution in [-0.2, 0) is 0 Å². The molecule has 7 heteroatoms. The Hall–Kier alpha value is -2.12. The molecule has 0 spiro atoms. The quantitative estimate of drug-likeness (QED) is 0.675. The maximum atomic E-state index is 6.13. The van der Waals surface area contributed by atoms with E-state index in [4.69, 9.17) is 15.7 Å². The molecule has 2 saturated heterocycles. The minimum atomic E-state index is 0.693. The van der Waals surface area contributed by atoms with E-state index in [1.807, 2.05) is 18.2 Å².